The number of H-pyrrole nitrogens is 2. The summed E-state index contributed by atoms with van der Waals surface area (Å²) in [6.07, 6.45) is 8.18. The highest BCUT2D eigenvalue weighted by Crippen LogP contribution is 2.28. The van der Waals surface area contributed by atoms with Crippen molar-refractivity contribution < 1.29 is 4.74 Å². The third-order valence-electron chi connectivity index (χ3n) is 7.01. The molecule has 0 radical (unpaired) electrons. The van der Waals surface area contributed by atoms with Crippen molar-refractivity contribution in [1.29, 1.82) is 0 Å². The first-order chi connectivity index (χ1) is 17.6. The Kier molecular flexibility index (Phi) is 7.60. The average Bonchev–Trinajstić information content (AvgIpc) is 3.70. The van der Waals surface area contributed by atoms with Gasteiger partial charge in [-0.1, -0.05) is 61.9 Å². The van der Waals surface area contributed by atoms with E-state index >= 15 is 0 Å². The van der Waals surface area contributed by atoms with Crippen LogP contribution in [0.2, 0.25) is 0 Å². The molecule has 1 aliphatic rings. The van der Waals surface area contributed by atoms with Gasteiger partial charge in [-0.15, -0.1) is 0 Å². The van der Waals surface area contributed by atoms with E-state index in [1.54, 1.807) is 0 Å². The Morgan fingerprint density at radius 2 is 1.53 bits per heavy atom. The van der Waals surface area contributed by atoms with Crippen molar-refractivity contribution >= 4 is 0 Å². The predicted molar refractivity (Wildman–Crippen MR) is 144 cm³/mol. The lowest BCUT2D eigenvalue weighted by Crippen LogP contribution is -2.27. The molecule has 0 amide bonds. The number of unbranched alkanes of at least 4 members (excludes halogenated alkanes) is 1. The molecule has 36 heavy (non-hydrogen) atoms. The van der Waals surface area contributed by atoms with Crippen LogP contribution < -0.4 is 11.1 Å². The quantitative estimate of drug-likeness (QED) is 0.214. The molecule has 188 valence electrons. The van der Waals surface area contributed by atoms with E-state index in [0.29, 0.717) is 6.04 Å². The summed E-state index contributed by atoms with van der Waals surface area (Å²) < 4.78 is 5.85. The van der Waals surface area contributed by atoms with E-state index in [0.717, 1.165) is 66.6 Å². The fourth-order valence-corrected chi connectivity index (χ4v) is 4.66. The fourth-order valence-electron chi connectivity index (χ4n) is 4.66. The topological polar surface area (TPSA) is 105 Å². The van der Waals surface area contributed by atoms with Crippen molar-refractivity contribution in [2.24, 2.45) is 5.73 Å². The monoisotopic (exact) mass is 484 g/mol. The Balaban J connectivity index is 1.24. The van der Waals surface area contributed by atoms with Gasteiger partial charge < -0.3 is 25.8 Å². The summed E-state index contributed by atoms with van der Waals surface area (Å²) in [7, 11) is 0. The molecular weight excluding hydrogens is 448 g/mol. The zero-order chi connectivity index (χ0) is 24.9. The lowest BCUT2D eigenvalue weighted by molar-refractivity contribution is 0.0446. The number of aromatic amines is 2. The number of nitrogens with one attached hydrogen (secondary N) is 3. The van der Waals surface area contributed by atoms with Crippen LogP contribution in [0.25, 0.3) is 33.6 Å². The highest BCUT2D eigenvalue weighted by molar-refractivity contribution is 5.71. The van der Waals surface area contributed by atoms with E-state index < -0.39 is 0 Å². The second kappa shape index (κ2) is 11.2. The van der Waals surface area contributed by atoms with Crippen LogP contribution in [-0.4, -0.2) is 39.2 Å². The molecule has 0 bridgehead atoms. The normalized spacial score (nSPS) is 17.4. The lowest BCUT2D eigenvalue weighted by Gasteiger charge is -2.18. The van der Waals surface area contributed by atoms with E-state index in [1.807, 2.05) is 19.3 Å². The molecule has 1 fully saturated rings. The summed E-state index contributed by atoms with van der Waals surface area (Å²) in [6.45, 7) is 5.94. The van der Waals surface area contributed by atoms with Gasteiger partial charge in [0.25, 0.3) is 0 Å². The van der Waals surface area contributed by atoms with Crippen molar-refractivity contribution in [3.63, 3.8) is 0 Å². The fraction of sp³-hybridized carbons (Fsp3) is 0.379. The van der Waals surface area contributed by atoms with Crippen LogP contribution in [0.3, 0.4) is 0 Å². The van der Waals surface area contributed by atoms with Crippen LogP contribution in [0.1, 0.15) is 63.3 Å². The van der Waals surface area contributed by atoms with Crippen molar-refractivity contribution in [2.75, 3.05) is 13.2 Å². The van der Waals surface area contributed by atoms with Crippen LogP contribution in [-0.2, 0) is 4.74 Å². The summed E-state index contributed by atoms with van der Waals surface area (Å²) >= 11 is 0. The molecule has 1 aliphatic heterocycles. The van der Waals surface area contributed by atoms with Gasteiger partial charge >= 0.3 is 0 Å². The van der Waals surface area contributed by atoms with Crippen LogP contribution in [0, 0.1) is 0 Å². The molecule has 2 aromatic carbocycles. The molecular formula is C29H36N6O. The highest BCUT2D eigenvalue weighted by atomic mass is 16.5. The maximum atomic E-state index is 6.37. The second-order valence-electron chi connectivity index (χ2n) is 9.62. The summed E-state index contributed by atoms with van der Waals surface area (Å²) in [5, 5.41) is 3.49. The SMILES string of the molecule is CCCCO[C@H](C)[C@H](N)c1ncc(-c2ccc(-c3ccc(-c4cnc([C@@H]5CCCN5)[nH]4)cc3)cc2)[nH]1. The number of hydrogen-bond donors (Lipinski definition) is 4. The zero-order valence-electron chi connectivity index (χ0n) is 21.1. The maximum absolute atomic E-state index is 6.37. The standard InChI is InChI=1S/C29H36N6O/c1-3-4-16-36-19(2)27(30)29-33-18-26(35-29)23-13-9-21(10-14-23)20-7-11-22(12-8-20)25-17-32-28(34-25)24-6-5-15-31-24/h7-14,17-19,24,27,31H,3-6,15-16,30H2,1-2H3,(H,32,34)(H,33,35)/t19-,24+,27+/m1/s1. The third kappa shape index (κ3) is 5.43. The molecule has 3 heterocycles. The van der Waals surface area contributed by atoms with Crippen molar-refractivity contribution in [3.8, 4) is 33.6 Å². The first-order valence-corrected chi connectivity index (χ1v) is 13.0. The Morgan fingerprint density at radius 3 is 2.14 bits per heavy atom. The van der Waals surface area contributed by atoms with Gasteiger partial charge in [-0.2, -0.15) is 0 Å². The van der Waals surface area contributed by atoms with Gasteiger partial charge in [0.2, 0.25) is 0 Å². The van der Waals surface area contributed by atoms with E-state index in [2.05, 4.69) is 80.7 Å². The lowest BCUT2D eigenvalue weighted by atomic mass is 10.0. The van der Waals surface area contributed by atoms with Gasteiger partial charge in [-0.25, -0.2) is 9.97 Å². The number of nitrogens with zero attached hydrogens (tertiary/aromatic N) is 2. The molecule has 1 saturated heterocycles. The third-order valence-corrected chi connectivity index (χ3v) is 7.01. The maximum Gasteiger partial charge on any atom is 0.126 e. The van der Waals surface area contributed by atoms with Gasteiger partial charge in [0.05, 0.1) is 42.0 Å². The van der Waals surface area contributed by atoms with Crippen LogP contribution in [0.15, 0.2) is 60.9 Å². The number of aromatic nitrogens is 4. The van der Waals surface area contributed by atoms with Gasteiger partial charge in [-0.05, 0) is 55.0 Å². The molecule has 7 nitrogen and oxygen atoms in total. The Morgan fingerprint density at radius 1 is 0.917 bits per heavy atom. The van der Waals surface area contributed by atoms with E-state index in [9.17, 15) is 0 Å². The number of ether oxygens (including phenoxy) is 1. The van der Waals surface area contributed by atoms with E-state index in [-0.39, 0.29) is 12.1 Å². The summed E-state index contributed by atoms with van der Waals surface area (Å²) in [5.41, 5.74) is 12.9. The predicted octanol–water partition coefficient (Wildman–Crippen LogP) is 5.76. The molecule has 3 atom stereocenters. The van der Waals surface area contributed by atoms with Crippen molar-refractivity contribution in [2.45, 2.75) is 57.7 Å². The Labute approximate surface area is 212 Å². The first-order valence-electron chi connectivity index (χ1n) is 13.0. The summed E-state index contributed by atoms with van der Waals surface area (Å²) in [4.78, 5) is 16.0. The van der Waals surface area contributed by atoms with E-state index in [4.69, 9.17) is 10.5 Å². The molecule has 0 spiro atoms. The number of nitrogens with two attached hydrogens (primary N) is 1. The Hall–Kier alpha value is -3.26. The minimum absolute atomic E-state index is 0.0892. The zero-order valence-corrected chi connectivity index (χ0v) is 21.1. The molecule has 5 N–H and O–H groups in total. The largest absolute Gasteiger partial charge is 0.376 e. The molecule has 4 aromatic rings. The van der Waals surface area contributed by atoms with Crippen LogP contribution in [0.5, 0.6) is 0 Å². The second-order valence-corrected chi connectivity index (χ2v) is 9.62. The number of hydrogen-bond acceptors (Lipinski definition) is 5. The van der Waals surface area contributed by atoms with Gasteiger partial charge in [0.15, 0.2) is 0 Å². The first kappa shape index (κ1) is 24.4. The number of rotatable bonds is 10. The molecule has 5 rings (SSSR count). The van der Waals surface area contributed by atoms with Crippen LogP contribution >= 0.6 is 0 Å². The van der Waals surface area contributed by atoms with E-state index in [1.165, 1.54) is 17.5 Å². The van der Waals surface area contributed by atoms with Gasteiger partial charge in [0.1, 0.15) is 11.6 Å². The minimum Gasteiger partial charge on any atom is -0.376 e. The molecule has 7 heteroatoms. The number of imidazole rings is 2. The molecule has 0 unspecified atom stereocenters. The molecule has 2 aromatic heterocycles. The summed E-state index contributed by atoms with van der Waals surface area (Å²) in [5.74, 6) is 1.78. The average molecular weight is 485 g/mol. The number of benzene rings is 2. The smallest absolute Gasteiger partial charge is 0.126 e. The minimum atomic E-state index is -0.284. The van der Waals surface area contributed by atoms with Crippen LogP contribution in [0.4, 0.5) is 0 Å². The van der Waals surface area contributed by atoms with Gasteiger partial charge in [0, 0.05) is 6.61 Å². The van der Waals surface area contributed by atoms with Crippen molar-refractivity contribution in [3.05, 3.63) is 72.6 Å². The van der Waals surface area contributed by atoms with Gasteiger partial charge in [-0.3, -0.25) is 0 Å². The molecule has 0 aliphatic carbocycles. The van der Waals surface area contributed by atoms with Crippen molar-refractivity contribution in [1.82, 2.24) is 25.3 Å². The summed E-state index contributed by atoms with van der Waals surface area (Å²) in [6, 6.07) is 17.2. The Bertz CT molecular complexity index is 1240. The highest BCUT2D eigenvalue weighted by Gasteiger charge is 2.20. The molecule has 0 saturated carbocycles.